The first-order valence-electron chi connectivity index (χ1n) is 8.50. The van der Waals surface area contributed by atoms with Gasteiger partial charge in [0.25, 0.3) is 0 Å². The Morgan fingerprint density at radius 2 is 2.04 bits per heavy atom. The molecule has 2 fully saturated rings. The van der Waals surface area contributed by atoms with Gasteiger partial charge in [0, 0.05) is 28.0 Å². The summed E-state index contributed by atoms with van der Waals surface area (Å²) in [5, 5.41) is 11.9. The van der Waals surface area contributed by atoms with E-state index in [0.29, 0.717) is 5.75 Å². The Bertz CT molecular complexity index is 1100. The number of furan rings is 1. The van der Waals surface area contributed by atoms with Crippen LogP contribution >= 0.6 is 23.5 Å². The zero-order valence-electron chi connectivity index (χ0n) is 14.1. The number of rotatable bonds is 3. The van der Waals surface area contributed by atoms with Gasteiger partial charge in [0.1, 0.15) is 27.3 Å². The van der Waals surface area contributed by atoms with E-state index in [1.54, 1.807) is 4.90 Å². The Labute approximate surface area is 163 Å². The van der Waals surface area contributed by atoms with Crippen molar-refractivity contribution in [3.8, 4) is 0 Å². The zero-order valence-corrected chi connectivity index (χ0v) is 15.8. The Kier molecular flexibility index (Phi) is 3.72. The zero-order chi connectivity index (χ0) is 18.8. The van der Waals surface area contributed by atoms with Crippen molar-refractivity contribution >= 4 is 57.3 Å². The number of benzene rings is 2. The molecule has 3 heterocycles. The van der Waals surface area contributed by atoms with E-state index in [1.807, 2.05) is 42.5 Å². The summed E-state index contributed by atoms with van der Waals surface area (Å²) in [6.07, 6.45) is 0. The highest BCUT2D eigenvalue weighted by molar-refractivity contribution is 8.05. The molecule has 3 N–H and O–H groups in total. The molecule has 1 amide bonds. The molecule has 27 heavy (non-hydrogen) atoms. The number of hydrogen-bond acceptors (Lipinski definition) is 6. The van der Waals surface area contributed by atoms with Crippen LogP contribution in [0.4, 0.5) is 0 Å². The van der Waals surface area contributed by atoms with Gasteiger partial charge >= 0.3 is 5.97 Å². The lowest BCUT2D eigenvalue weighted by Gasteiger charge is -2.52. The van der Waals surface area contributed by atoms with Crippen LogP contribution in [0.5, 0.6) is 0 Å². The van der Waals surface area contributed by atoms with E-state index in [9.17, 15) is 14.7 Å². The van der Waals surface area contributed by atoms with Gasteiger partial charge in [0.2, 0.25) is 5.91 Å². The van der Waals surface area contributed by atoms with Crippen LogP contribution in [0, 0.1) is 0 Å². The third kappa shape index (κ3) is 2.47. The van der Waals surface area contributed by atoms with Gasteiger partial charge in [-0.05, 0) is 24.3 Å². The number of β-lactam (4-membered cyclic amide) rings is 1. The molecule has 6 nitrogen and oxygen atoms in total. The molecule has 1 unspecified atom stereocenters. The molecule has 0 spiro atoms. The molecular formula is C19H16N2O4S2. The third-order valence-electron chi connectivity index (χ3n) is 5.15. The number of carbonyl (C=O) groups is 2. The molecule has 2 aliphatic heterocycles. The second-order valence-corrected chi connectivity index (χ2v) is 9.41. The van der Waals surface area contributed by atoms with Crippen molar-refractivity contribution in [2.45, 2.75) is 21.1 Å². The van der Waals surface area contributed by atoms with Crippen molar-refractivity contribution in [2.24, 2.45) is 5.73 Å². The van der Waals surface area contributed by atoms with E-state index in [2.05, 4.69) is 0 Å². The van der Waals surface area contributed by atoms with Crippen molar-refractivity contribution in [2.75, 3.05) is 12.3 Å². The number of carboxylic acid groups (broad SMARTS) is 1. The quantitative estimate of drug-likeness (QED) is 0.653. The van der Waals surface area contributed by atoms with Crippen molar-refractivity contribution in [1.29, 1.82) is 0 Å². The topological polar surface area (TPSA) is 96.8 Å². The fourth-order valence-corrected chi connectivity index (χ4v) is 6.50. The molecule has 0 bridgehead atoms. The number of para-hydroxylation sites is 1. The normalized spacial score (nSPS) is 27.6. The number of carboxylic acids is 1. The second kappa shape index (κ2) is 5.92. The maximum absolute atomic E-state index is 12.1. The minimum Gasteiger partial charge on any atom is -0.480 e. The first kappa shape index (κ1) is 17.0. The maximum Gasteiger partial charge on any atom is 0.322 e. The van der Waals surface area contributed by atoms with Gasteiger partial charge in [-0.3, -0.25) is 9.59 Å². The summed E-state index contributed by atoms with van der Waals surface area (Å²) in [7, 11) is 0. The number of aliphatic carboxylic acids is 1. The molecule has 1 aromatic heterocycles. The fraction of sp³-hybridized carbons (Fsp3) is 0.263. The van der Waals surface area contributed by atoms with Gasteiger partial charge in [-0.15, -0.1) is 23.5 Å². The van der Waals surface area contributed by atoms with Crippen LogP contribution in [-0.4, -0.2) is 50.3 Å². The summed E-state index contributed by atoms with van der Waals surface area (Å²) in [6, 6.07) is 13.0. The molecule has 0 saturated carbocycles. The van der Waals surface area contributed by atoms with Gasteiger partial charge in [0.05, 0.1) is 0 Å². The van der Waals surface area contributed by atoms with E-state index in [4.69, 9.17) is 10.2 Å². The second-order valence-electron chi connectivity index (χ2n) is 6.85. The van der Waals surface area contributed by atoms with E-state index in [-0.39, 0.29) is 17.8 Å². The number of carbonyl (C=O) groups excluding carboxylic acids is 1. The highest BCUT2D eigenvalue weighted by Gasteiger charge is 2.56. The molecule has 0 aliphatic carbocycles. The summed E-state index contributed by atoms with van der Waals surface area (Å²) >= 11 is 2.71. The molecule has 2 saturated heterocycles. The SMILES string of the molecule is N[C@@H]1C(=O)N2CC(Sc3ccc4c(c3)oc3ccccc34)(C(=O)O)CS[C@H]12. The molecule has 0 radical (unpaired) electrons. The van der Waals surface area contributed by atoms with Gasteiger partial charge in [-0.2, -0.15) is 0 Å². The highest BCUT2D eigenvalue weighted by atomic mass is 32.2. The Morgan fingerprint density at radius 1 is 1.26 bits per heavy atom. The van der Waals surface area contributed by atoms with Crippen LogP contribution in [-0.2, 0) is 9.59 Å². The number of nitrogens with two attached hydrogens (primary N) is 1. The minimum absolute atomic E-state index is 0.108. The molecule has 3 aromatic rings. The number of nitrogens with zero attached hydrogens (tertiary/aromatic N) is 1. The molecular weight excluding hydrogens is 384 g/mol. The smallest absolute Gasteiger partial charge is 0.322 e. The van der Waals surface area contributed by atoms with Crippen molar-refractivity contribution in [3.05, 3.63) is 42.5 Å². The highest BCUT2D eigenvalue weighted by Crippen LogP contribution is 2.46. The number of fused-ring (bicyclic) bond motifs is 4. The molecule has 2 aromatic carbocycles. The lowest BCUT2D eigenvalue weighted by atomic mass is 10.0. The van der Waals surface area contributed by atoms with Crippen LogP contribution in [0.15, 0.2) is 51.8 Å². The molecule has 5 rings (SSSR count). The largest absolute Gasteiger partial charge is 0.480 e. The number of hydrogen-bond donors (Lipinski definition) is 2. The van der Waals surface area contributed by atoms with Crippen LogP contribution in [0.2, 0.25) is 0 Å². The summed E-state index contributed by atoms with van der Waals surface area (Å²) in [4.78, 5) is 26.5. The third-order valence-corrected chi connectivity index (χ3v) is 8.21. The average Bonchev–Trinajstić information content (AvgIpc) is 3.04. The first-order chi connectivity index (χ1) is 13.0. The van der Waals surface area contributed by atoms with E-state index < -0.39 is 16.8 Å². The van der Waals surface area contributed by atoms with Gasteiger partial charge < -0.3 is 20.2 Å². The summed E-state index contributed by atoms with van der Waals surface area (Å²) < 4.78 is 4.81. The summed E-state index contributed by atoms with van der Waals surface area (Å²) in [6.45, 7) is 0.162. The maximum atomic E-state index is 12.1. The summed E-state index contributed by atoms with van der Waals surface area (Å²) in [5.41, 5.74) is 7.35. The average molecular weight is 400 g/mol. The van der Waals surface area contributed by atoms with E-state index in [0.717, 1.165) is 26.8 Å². The number of amides is 1. The van der Waals surface area contributed by atoms with Crippen LogP contribution < -0.4 is 5.73 Å². The van der Waals surface area contributed by atoms with Gasteiger partial charge in [-0.1, -0.05) is 18.2 Å². The minimum atomic E-state index is -1.10. The van der Waals surface area contributed by atoms with Gasteiger partial charge in [-0.25, -0.2) is 0 Å². The van der Waals surface area contributed by atoms with Crippen LogP contribution in [0.25, 0.3) is 21.9 Å². The van der Waals surface area contributed by atoms with Crippen LogP contribution in [0.1, 0.15) is 0 Å². The lowest BCUT2D eigenvalue weighted by Crippen LogP contribution is -2.73. The van der Waals surface area contributed by atoms with Gasteiger partial charge in [0.15, 0.2) is 0 Å². The van der Waals surface area contributed by atoms with E-state index in [1.165, 1.54) is 23.5 Å². The molecule has 138 valence electrons. The monoisotopic (exact) mass is 400 g/mol. The molecule has 2 aliphatic rings. The van der Waals surface area contributed by atoms with Crippen molar-refractivity contribution in [1.82, 2.24) is 4.90 Å². The van der Waals surface area contributed by atoms with Crippen molar-refractivity contribution in [3.63, 3.8) is 0 Å². The number of thioether (sulfide) groups is 2. The lowest BCUT2D eigenvalue weighted by molar-refractivity contribution is -0.148. The predicted octanol–water partition coefficient (Wildman–Crippen LogP) is 2.74. The fourth-order valence-electron chi connectivity index (χ4n) is 3.68. The standard InChI is InChI=1S/C19H16N2O4S2/c20-15-16(22)21-8-19(18(23)24,9-26-17(15)21)27-10-5-6-12-11-3-1-2-4-13(11)25-14(12)7-10/h1-7,15,17H,8-9,20H2,(H,23,24)/t15-,17-,19?/m1/s1. The molecule has 8 heteroatoms. The van der Waals surface area contributed by atoms with Crippen LogP contribution in [0.3, 0.4) is 0 Å². The first-order valence-corrected chi connectivity index (χ1v) is 10.4. The Hall–Kier alpha value is -2.16. The summed E-state index contributed by atoms with van der Waals surface area (Å²) in [5.74, 6) is -0.699. The molecule has 3 atom stereocenters. The van der Waals surface area contributed by atoms with E-state index >= 15 is 0 Å². The Balaban J connectivity index is 1.49. The van der Waals surface area contributed by atoms with Crippen molar-refractivity contribution < 1.29 is 19.1 Å². The Morgan fingerprint density at radius 3 is 2.85 bits per heavy atom. The predicted molar refractivity (Wildman–Crippen MR) is 106 cm³/mol.